The van der Waals surface area contributed by atoms with E-state index < -0.39 is 0 Å². The Morgan fingerprint density at radius 1 is 1.11 bits per heavy atom. The maximum Gasteiger partial charge on any atom is 0.340 e. The van der Waals surface area contributed by atoms with Gasteiger partial charge in [-0.05, 0) is 24.3 Å². The Morgan fingerprint density at radius 2 is 2.00 bits per heavy atom. The lowest BCUT2D eigenvalue weighted by Crippen LogP contribution is -2.07. The molecule has 0 fully saturated rings. The molecular weight excluding hydrogens is 226 g/mol. The summed E-state index contributed by atoms with van der Waals surface area (Å²) in [5.74, 6) is -0.331. The van der Waals surface area contributed by atoms with E-state index in [1.165, 1.54) is 0 Å². The highest BCUT2D eigenvalue weighted by Gasteiger charge is 2.15. The number of aromatic nitrogens is 1. The van der Waals surface area contributed by atoms with Gasteiger partial charge in [0.25, 0.3) is 0 Å². The van der Waals surface area contributed by atoms with Crippen LogP contribution >= 0.6 is 0 Å². The smallest absolute Gasteiger partial charge is 0.340 e. The number of hydrogen-bond donors (Lipinski definition) is 0. The maximum absolute atomic E-state index is 11.8. The summed E-state index contributed by atoms with van der Waals surface area (Å²) in [5, 5.41) is 1.05. The minimum absolute atomic E-state index is 0.312. The molecule has 3 heteroatoms. The molecule has 0 aliphatic carbocycles. The van der Waals surface area contributed by atoms with E-state index in [-0.39, 0.29) is 5.97 Å². The van der Waals surface area contributed by atoms with Crippen LogP contribution in [0.3, 0.4) is 0 Å². The van der Waals surface area contributed by atoms with E-state index in [1.54, 1.807) is 12.2 Å². The number of cyclic esters (lactones) is 1. The number of para-hydroxylation sites is 1. The topological polar surface area (TPSA) is 39.2 Å². The van der Waals surface area contributed by atoms with Crippen LogP contribution in [-0.4, -0.2) is 17.6 Å². The second-order valence-corrected chi connectivity index (χ2v) is 4.00. The largest absolute Gasteiger partial charge is 0.458 e. The van der Waals surface area contributed by atoms with Crippen LogP contribution in [0.4, 0.5) is 0 Å². The molecule has 0 atom stereocenters. The summed E-state index contributed by atoms with van der Waals surface area (Å²) in [6.07, 6.45) is 5.36. The van der Waals surface area contributed by atoms with Crippen molar-refractivity contribution in [3.05, 3.63) is 60.3 Å². The number of esters is 1. The minimum atomic E-state index is -0.331. The monoisotopic (exact) mass is 237 g/mol. The van der Waals surface area contributed by atoms with Crippen molar-refractivity contribution in [2.24, 2.45) is 0 Å². The summed E-state index contributed by atoms with van der Waals surface area (Å²) in [4.78, 5) is 16.3. The third kappa shape index (κ3) is 1.91. The molecule has 1 aliphatic rings. The maximum atomic E-state index is 11.8. The van der Waals surface area contributed by atoms with Gasteiger partial charge in [-0.25, -0.2) is 9.78 Å². The normalized spacial score (nSPS) is 15.1. The Kier molecular flexibility index (Phi) is 2.65. The van der Waals surface area contributed by atoms with Gasteiger partial charge in [-0.2, -0.15) is 0 Å². The zero-order chi connectivity index (χ0) is 12.4. The second kappa shape index (κ2) is 4.45. The molecule has 2 aromatic rings. The van der Waals surface area contributed by atoms with Gasteiger partial charge in [0.05, 0.1) is 16.8 Å². The lowest BCUT2D eigenvalue weighted by Gasteiger charge is -2.05. The van der Waals surface area contributed by atoms with Crippen molar-refractivity contribution in [1.29, 1.82) is 0 Å². The third-order valence-corrected chi connectivity index (χ3v) is 2.80. The van der Waals surface area contributed by atoms with Crippen LogP contribution in [-0.2, 0) is 9.53 Å². The molecule has 0 spiro atoms. The van der Waals surface area contributed by atoms with Crippen LogP contribution in [0.25, 0.3) is 16.5 Å². The quantitative estimate of drug-likeness (QED) is 0.716. The summed E-state index contributed by atoms with van der Waals surface area (Å²) in [6.45, 7) is 0.312. The van der Waals surface area contributed by atoms with Gasteiger partial charge in [0.1, 0.15) is 6.61 Å². The molecule has 0 bridgehead atoms. The number of carbonyl (C=O) groups excluding carboxylic acids is 1. The van der Waals surface area contributed by atoms with Crippen LogP contribution in [0.2, 0.25) is 0 Å². The average Bonchev–Trinajstić information content (AvgIpc) is 2.63. The van der Waals surface area contributed by atoms with E-state index in [1.807, 2.05) is 42.5 Å². The third-order valence-electron chi connectivity index (χ3n) is 2.80. The van der Waals surface area contributed by atoms with Gasteiger partial charge < -0.3 is 4.74 Å². The molecule has 3 nitrogen and oxygen atoms in total. The van der Waals surface area contributed by atoms with Crippen LogP contribution in [0.1, 0.15) is 5.69 Å². The zero-order valence-electron chi connectivity index (χ0n) is 9.67. The molecule has 18 heavy (non-hydrogen) atoms. The van der Waals surface area contributed by atoms with Crippen molar-refractivity contribution >= 4 is 22.4 Å². The fourth-order valence-electron chi connectivity index (χ4n) is 1.90. The Balaban J connectivity index is 2.11. The van der Waals surface area contributed by atoms with Crippen molar-refractivity contribution in [3.63, 3.8) is 0 Å². The van der Waals surface area contributed by atoms with Crippen molar-refractivity contribution in [2.45, 2.75) is 0 Å². The number of rotatable bonds is 1. The fourth-order valence-corrected chi connectivity index (χ4v) is 1.90. The molecular formula is C15H11NO2. The molecule has 1 aliphatic heterocycles. The van der Waals surface area contributed by atoms with Gasteiger partial charge in [-0.15, -0.1) is 0 Å². The number of carbonyl (C=O) groups is 1. The van der Waals surface area contributed by atoms with Crippen LogP contribution in [0, 0.1) is 0 Å². The Labute approximate surface area is 104 Å². The van der Waals surface area contributed by atoms with Crippen molar-refractivity contribution in [3.8, 4) is 0 Å². The van der Waals surface area contributed by atoms with Crippen molar-refractivity contribution < 1.29 is 9.53 Å². The molecule has 0 radical (unpaired) electrons. The van der Waals surface area contributed by atoms with Gasteiger partial charge in [0.15, 0.2) is 0 Å². The molecule has 0 N–H and O–H groups in total. The standard InChI is InChI=1S/C15H11NO2/c17-15-12(6-3-4-10-18-15)14-9-8-11-5-1-2-7-13(11)16-14/h1-9H,10H2. The predicted molar refractivity (Wildman–Crippen MR) is 69.8 cm³/mol. The van der Waals surface area contributed by atoms with E-state index in [2.05, 4.69) is 4.98 Å². The van der Waals surface area contributed by atoms with E-state index in [9.17, 15) is 4.79 Å². The summed E-state index contributed by atoms with van der Waals surface area (Å²) < 4.78 is 5.05. The molecule has 0 unspecified atom stereocenters. The Bertz CT molecular complexity index is 671. The highest BCUT2D eigenvalue weighted by Crippen LogP contribution is 2.19. The average molecular weight is 237 g/mol. The van der Waals surface area contributed by atoms with Gasteiger partial charge in [0, 0.05) is 5.39 Å². The van der Waals surface area contributed by atoms with Crippen LogP contribution < -0.4 is 0 Å². The fraction of sp³-hybridized carbons (Fsp3) is 0.0667. The first kappa shape index (κ1) is 10.7. The lowest BCUT2D eigenvalue weighted by atomic mass is 10.1. The number of nitrogens with zero attached hydrogens (tertiary/aromatic N) is 1. The number of pyridine rings is 1. The SMILES string of the molecule is O=C1OCC=CC=C1c1ccc2ccccc2n1. The van der Waals surface area contributed by atoms with Crippen molar-refractivity contribution in [2.75, 3.05) is 6.61 Å². The highest BCUT2D eigenvalue weighted by atomic mass is 16.5. The molecule has 0 saturated carbocycles. The molecule has 1 aromatic carbocycles. The lowest BCUT2D eigenvalue weighted by molar-refractivity contribution is -0.135. The van der Waals surface area contributed by atoms with E-state index in [0.29, 0.717) is 17.9 Å². The van der Waals surface area contributed by atoms with E-state index >= 15 is 0 Å². The molecule has 88 valence electrons. The number of benzene rings is 1. The van der Waals surface area contributed by atoms with Crippen LogP contribution in [0.15, 0.2) is 54.6 Å². The molecule has 3 rings (SSSR count). The number of ether oxygens (including phenoxy) is 1. The van der Waals surface area contributed by atoms with Gasteiger partial charge in [-0.1, -0.05) is 30.3 Å². The minimum Gasteiger partial charge on any atom is -0.458 e. The Hall–Kier alpha value is -2.42. The summed E-state index contributed by atoms with van der Waals surface area (Å²) >= 11 is 0. The molecule has 2 heterocycles. The van der Waals surface area contributed by atoms with Gasteiger partial charge >= 0.3 is 5.97 Å². The first-order chi connectivity index (χ1) is 8.84. The summed E-state index contributed by atoms with van der Waals surface area (Å²) in [7, 11) is 0. The van der Waals surface area contributed by atoms with Crippen molar-refractivity contribution in [1.82, 2.24) is 4.98 Å². The molecule has 0 saturated heterocycles. The van der Waals surface area contributed by atoms with Crippen LogP contribution in [0.5, 0.6) is 0 Å². The number of allylic oxidation sites excluding steroid dienone is 2. The number of fused-ring (bicyclic) bond motifs is 1. The predicted octanol–water partition coefficient (Wildman–Crippen LogP) is 2.73. The first-order valence-corrected chi connectivity index (χ1v) is 5.75. The molecule has 1 aromatic heterocycles. The first-order valence-electron chi connectivity index (χ1n) is 5.75. The summed E-state index contributed by atoms with van der Waals surface area (Å²) in [6, 6.07) is 11.6. The van der Waals surface area contributed by atoms with E-state index in [4.69, 9.17) is 4.74 Å². The van der Waals surface area contributed by atoms with Gasteiger partial charge in [0.2, 0.25) is 0 Å². The summed E-state index contributed by atoms with van der Waals surface area (Å²) in [5.41, 5.74) is 2.01. The second-order valence-electron chi connectivity index (χ2n) is 4.00. The Morgan fingerprint density at radius 3 is 2.94 bits per heavy atom. The zero-order valence-corrected chi connectivity index (χ0v) is 9.67. The number of hydrogen-bond acceptors (Lipinski definition) is 3. The molecule has 0 amide bonds. The van der Waals surface area contributed by atoms with Gasteiger partial charge in [-0.3, -0.25) is 0 Å². The van der Waals surface area contributed by atoms with E-state index in [0.717, 1.165) is 10.9 Å². The highest BCUT2D eigenvalue weighted by molar-refractivity contribution is 6.16.